The second-order valence-corrected chi connectivity index (χ2v) is 6.98. The maximum Gasteiger partial charge on any atom is 0.292 e. The Balaban J connectivity index is 1.49. The summed E-state index contributed by atoms with van der Waals surface area (Å²) in [6.45, 7) is 2.81. The van der Waals surface area contributed by atoms with Crippen LogP contribution in [-0.2, 0) is 11.3 Å². The summed E-state index contributed by atoms with van der Waals surface area (Å²) in [7, 11) is 0. The van der Waals surface area contributed by atoms with Crippen LogP contribution in [-0.4, -0.2) is 35.9 Å². The Morgan fingerprint density at radius 1 is 1.14 bits per heavy atom. The normalized spacial score (nSPS) is 16.6. The number of anilines is 1. The molecule has 28 heavy (non-hydrogen) atoms. The van der Waals surface area contributed by atoms with Crippen molar-refractivity contribution in [2.75, 3.05) is 25.0 Å². The lowest BCUT2D eigenvalue weighted by molar-refractivity contribution is -0.384. The van der Waals surface area contributed by atoms with E-state index < -0.39 is 0 Å². The van der Waals surface area contributed by atoms with Gasteiger partial charge in [0.25, 0.3) is 5.69 Å². The number of rotatable bonds is 9. The van der Waals surface area contributed by atoms with Crippen LogP contribution >= 0.6 is 0 Å². The van der Waals surface area contributed by atoms with E-state index in [-0.39, 0.29) is 16.7 Å². The summed E-state index contributed by atoms with van der Waals surface area (Å²) in [6, 6.07) is 15.2. The summed E-state index contributed by atoms with van der Waals surface area (Å²) in [5, 5.41) is 17.5. The number of carbonyl (C=O) groups is 1. The van der Waals surface area contributed by atoms with Gasteiger partial charge in [0.15, 0.2) is 0 Å². The third-order valence-electron chi connectivity index (χ3n) is 5.06. The molecular weight excluding hydrogens is 356 g/mol. The predicted octanol–water partition coefficient (Wildman–Crippen LogP) is 3.48. The molecule has 3 rings (SSSR count). The van der Waals surface area contributed by atoms with Crippen molar-refractivity contribution in [2.45, 2.75) is 31.8 Å². The van der Waals surface area contributed by atoms with E-state index in [2.05, 4.69) is 28.8 Å². The fraction of sp³-hybridized carbons (Fsp3) is 0.381. The Morgan fingerprint density at radius 2 is 2.00 bits per heavy atom. The molecule has 1 amide bonds. The molecule has 2 aromatic carbocycles. The first-order chi connectivity index (χ1) is 13.7. The Kier molecular flexibility index (Phi) is 6.97. The standard InChI is InChI=1S/C21H26N4O3/c26-16-24-13-4-3-9-20(24)18-7-5-6-17(14-18)15-22-11-12-23-19-8-1-2-10-21(19)25(27)28/h1-2,5-8,10,14,16,20,22-23H,3-4,9,11-13,15H2. The van der Waals surface area contributed by atoms with E-state index >= 15 is 0 Å². The van der Waals surface area contributed by atoms with Gasteiger partial charge in [-0.05, 0) is 36.5 Å². The zero-order valence-electron chi connectivity index (χ0n) is 15.8. The molecule has 7 heteroatoms. The van der Waals surface area contributed by atoms with Gasteiger partial charge in [-0.3, -0.25) is 14.9 Å². The van der Waals surface area contributed by atoms with Gasteiger partial charge in [-0.1, -0.05) is 36.4 Å². The molecule has 7 nitrogen and oxygen atoms in total. The molecule has 1 atom stereocenters. The van der Waals surface area contributed by atoms with Crippen molar-refractivity contribution < 1.29 is 9.72 Å². The van der Waals surface area contributed by atoms with Gasteiger partial charge < -0.3 is 15.5 Å². The van der Waals surface area contributed by atoms with Crippen molar-refractivity contribution in [1.82, 2.24) is 10.2 Å². The van der Waals surface area contributed by atoms with Gasteiger partial charge in [-0.15, -0.1) is 0 Å². The fourth-order valence-electron chi connectivity index (χ4n) is 3.65. The van der Waals surface area contributed by atoms with Crippen molar-refractivity contribution in [3.05, 3.63) is 69.8 Å². The number of para-hydroxylation sites is 2. The number of hydrogen-bond donors (Lipinski definition) is 2. The highest BCUT2D eigenvalue weighted by Gasteiger charge is 2.22. The number of carbonyl (C=O) groups excluding carboxylic acids is 1. The molecule has 1 aliphatic rings. The lowest BCUT2D eigenvalue weighted by Gasteiger charge is -2.33. The minimum atomic E-state index is -0.380. The molecule has 1 saturated heterocycles. The number of benzene rings is 2. The number of nitro groups is 1. The van der Waals surface area contributed by atoms with E-state index in [9.17, 15) is 14.9 Å². The maximum absolute atomic E-state index is 11.3. The molecule has 0 spiro atoms. The van der Waals surface area contributed by atoms with Gasteiger partial charge in [0.2, 0.25) is 6.41 Å². The Bertz CT molecular complexity index is 812. The zero-order chi connectivity index (χ0) is 19.8. The zero-order valence-corrected chi connectivity index (χ0v) is 15.8. The molecule has 1 heterocycles. The molecule has 0 bridgehead atoms. The summed E-state index contributed by atoms with van der Waals surface area (Å²) < 4.78 is 0. The Hall–Kier alpha value is -2.93. The van der Waals surface area contributed by atoms with Gasteiger partial charge in [-0.25, -0.2) is 0 Å². The lowest BCUT2D eigenvalue weighted by atomic mass is 9.94. The van der Waals surface area contributed by atoms with E-state index in [0.29, 0.717) is 25.3 Å². The number of nitrogens with one attached hydrogen (secondary N) is 2. The van der Waals surface area contributed by atoms with E-state index in [4.69, 9.17) is 0 Å². The molecule has 2 aromatic rings. The van der Waals surface area contributed by atoms with Crippen molar-refractivity contribution in [1.29, 1.82) is 0 Å². The quantitative estimate of drug-likeness (QED) is 0.300. The smallest absolute Gasteiger partial charge is 0.292 e. The van der Waals surface area contributed by atoms with Gasteiger partial charge in [-0.2, -0.15) is 0 Å². The minimum absolute atomic E-state index is 0.0856. The van der Waals surface area contributed by atoms with Crippen molar-refractivity contribution in [2.24, 2.45) is 0 Å². The third kappa shape index (κ3) is 5.07. The topological polar surface area (TPSA) is 87.5 Å². The molecule has 1 aliphatic heterocycles. The third-order valence-corrected chi connectivity index (χ3v) is 5.06. The first-order valence-corrected chi connectivity index (χ1v) is 9.67. The summed E-state index contributed by atoms with van der Waals surface area (Å²) in [5.41, 5.74) is 2.97. The fourth-order valence-corrected chi connectivity index (χ4v) is 3.65. The van der Waals surface area contributed by atoms with Crippen LogP contribution in [0.5, 0.6) is 0 Å². The molecule has 2 N–H and O–H groups in total. The average Bonchev–Trinajstić information content (AvgIpc) is 2.74. The van der Waals surface area contributed by atoms with Crippen LogP contribution in [0.3, 0.4) is 0 Å². The molecule has 148 valence electrons. The van der Waals surface area contributed by atoms with E-state index in [0.717, 1.165) is 32.2 Å². The van der Waals surface area contributed by atoms with Crippen LogP contribution in [0.25, 0.3) is 0 Å². The largest absolute Gasteiger partial charge is 0.378 e. The van der Waals surface area contributed by atoms with Gasteiger partial charge in [0.1, 0.15) is 5.69 Å². The molecule has 1 fully saturated rings. The van der Waals surface area contributed by atoms with Crippen molar-refractivity contribution in [3.63, 3.8) is 0 Å². The molecule has 1 unspecified atom stereocenters. The molecule has 0 saturated carbocycles. The summed E-state index contributed by atoms with van der Waals surface area (Å²) in [5.74, 6) is 0. The van der Waals surface area contributed by atoms with E-state index in [1.165, 1.54) is 17.2 Å². The van der Waals surface area contributed by atoms with Crippen LogP contribution in [0, 0.1) is 10.1 Å². The highest BCUT2D eigenvalue weighted by Crippen LogP contribution is 2.30. The minimum Gasteiger partial charge on any atom is -0.378 e. The van der Waals surface area contributed by atoms with Gasteiger partial charge in [0.05, 0.1) is 11.0 Å². The molecular formula is C21H26N4O3. The van der Waals surface area contributed by atoms with Crippen LogP contribution in [0.1, 0.15) is 36.4 Å². The van der Waals surface area contributed by atoms with Gasteiger partial charge >= 0.3 is 0 Å². The second kappa shape index (κ2) is 9.85. The first kappa shape index (κ1) is 19.8. The summed E-state index contributed by atoms with van der Waals surface area (Å²) >= 11 is 0. The van der Waals surface area contributed by atoms with E-state index in [1.54, 1.807) is 18.2 Å². The van der Waals surface area contributed by atoms with Crippen LogP contribution in [0.4, 0.5) is 11.4 Å². The van der Waals surface area contributed by atoms with Crippen molar-refractivity contribution >= 4 is 17.8 Å². The average molecular weight is 382 g/mol. The number of piperidine rings is 1. The van der Waals surface area contributed by atoms with Crippen LogP contribution < -0.4 is 10.6 Å². The molecule has 0 radical (unpaired) electrons. The summed E-state index contributed by atoms with van der Waals surface area (Å²) in [4.78, 5) is 23.9. The first-order valence-electron chi connectivity index (χ1n) is 9.67. The van der Waals surface area contributed by atoms with Crippen LogP contribution in [0.2, 0.25) is 0 Å². The molecule has 0 aliphatic carbocycles. The number of nitrogens with zero attached hydrogens (tertiary/aromatic N) is 2. The highest BCUT2D eigenvalue weighted by molar-refractivity contribution is 5.61. The SMILES string of the molecule is O=CN1CCCCC1c1cccc(CNCCNc2ccccc2[N+](=O)[O-])c1. The molecule has 0 aromatic heterocycles. The van der Waals surface area contributed by atoms with Crippen molar-refractivity contribution in [3.8, 4) is 0 Å². The van der Waals surface area contributed by atoms with Crippen LogP contribution in [0.15, 0.2) is 48.5 Å². The predicted molar refractivity (Wildman–Crippen MR) is 109 cm³/mol. The highest BCUT2D eigenvalue weighted by atomic mass is 16.6. The van der Waals surface area contributed by atoms with Gasteiger partial charge in [0, 0.05) is 32.2 Å². The monoisotopic (exact) mass is 382 g/mol. The number of hydrogen-bond acceptors (Lipinski definition) is 5. The number of likely N-dealkylation sites (tertiary alicyclic amines) is 1. The maximum atomic E-state index is 11.3. The lowest BCUT2D eigenvalue weighted by Crippen LogP contribution is -2.32. The number of amides is 1. The Labute approximate surface area is 164 Å². The number of nitro benzene ring substituents is 1. The summed E-state index contributed by atoms with van der Waals surface area (Å²) in [6.07, 6.45) is 4.19. The van der Waals surface area contributed by atoms with E-state index in [1.807, 2.05) is 11.0 Å². The Morgan fingerprint density at radius 3 is 2.82 bits per heavy atom. The second-order valence-electron chi connectivity index (χ2n) is 6.98.